The van der Waals surface area contributed by atoms with Gasteiger partial charge in [0.2, 0.25) is 0 Å². The number of hydrogen-bond donors (Lipinski definition) is 0. The van der Waals surface area contributed by atoms with Crippen LogP contribution in [-0.4, -0.2) is 19.6 Å². The fourth-order valence-corrected chi connectivity index (χ4v) is 5.05. The summed E-state index contributed by atoms with van der Waals surface area (Å²) in [6.45, 7) is 2.16. The summed E-state index contributed by atoms with van der Waals surface area (Å²) in [5.74, 6) is 0.0485. The second-order valence-corrected chi connectivity index (χ2v) is 9.04. The maximum atomic E-state index is 12.1. The topological polar surface area (TPSA) is 67.2 Å². The summed E-state index contributed by atoms with van der Waals surface area (Å²) in [6, 6.07) is 11.6. The Kier molecular flexibility index (Phi) is 8.43. The van der Waals surface area contributed by atoms with Gasteiger partial charge in [0.1, 0.15) is 11.5 Å². The molecule has 0 spiro atoms. The van der Waals surface area contributed by atoms with Crippen molar-refractivity contribution in [2.24, 2.45) is 0 Å². The predicted octanol–water partition coefficient (Wildman–Crippen LogP) is 5.26. The predicted molar refractivity (Wildman–Crippen MR) is 108 cm³/mol. The molecule has 4 nitrogen and oxygen atoms in total. The highest BCUT2D eigenvalue weighted by molar-refractivity contribution is 8.04. The van der Waals surface area contributed by atoms with Crippen LogP contribution in [0.1, 0.15) is 51.0 Å². The van der Waals surface area contributed by atoms with Crippen molar-refractivity contribution in [3.63, 3.8) is 0 Å². The number of allylic oxidation sites excluding steroid dienone is 2. The van der Waals surface area contributed by atoms with Gasteiger partial charge in [-0.3, -0.25) is 4.18 Å². The van der Waals surface area contributed by atoms with Crippen LogP contribution in [0.4, 0.5) is 0 Å². The van der Waals surface area contributed by atoms with Gasteiger partial charge in [-0.2, -0.15) is 13.7 Å². The maximum Gasteiger partial charge on any atom is 0.268 e. The fourth-order valence-electron chi connectivity index (χ4n) is 2.68. The Bertz CT molecular complexity index is 777. The van der Waals surface area contributed by atoms with E-state index in [1.807, 2.05) is 30.3 Å². The third-order valence-electron chi connectivity index (χ3n) is 4.06. The first-order valence-electron chi connectivity index (χ1n) is 9.01. The molecular weight excluding hydrogens is 366 g/mol. The first-order chi connectivity index (χ1) is 12.6. The summed E-state index contributed by atoms with van der Waals surface area (Å²) in [6.07, 6.45) is 9.60. The Morgan fingerprint density at radius 3 is 2.54 bits per heavy atom. The summed E-state index contributed by atoms with van der Waals surface area (Å²) in [5, 5.41) is 9.45. The molecule has 0 amide bonds. The lowest BCUT2D eigenvalue weighted by molar-refractivity contribution is 0.332. The highest BCUT2D eigenvalue weighted by Crippen LogP contribution is 2.37. The first kappa shape index (κ1) is 20.8. The van der Waals surface area contributed by atoms with Crippen LogP contribution in [0.25, 0.3) is 5.57 Å². The van der Waals surface area contributed by atoms with Crippen molar-refractivity contribution in [1.29, 1.82) is 5.26 Å². The molecule has 1 aromatic carbocycles. The second-order valence-electron chi connectivity index (χ2n) is 6.19. The smallest absolute Gasteiger partial charge is 0.251 e. The average molecular weight is 392 g/mol. The molecule has 0 bridgehead atoms. The molecule has 0 saturated carbocycles. The molecule has 0 fully saturated rings. The molecule has 140 valence electrons. The molecule has 26 heavy (non-hydrogen) atoms. The van der Waals surface area contributed by atoms with Crippen LogP contribution in [0.3, 0.4) is 0 Å². The van der Waals surface area contributed by atoms with Crippen LogP contribution in [0.2, 0.25) is 0 Å². The molecule has 0 N–H and O–H groups in total. The highest BCUT2D eigenvalue weighted by atomic mass is 32.2. The lowest BCUT2D eigenvalue weighted by Gasteiger charge is -2.10. The Labute approximate surface area is 161 Å². The minimum absolute atomic E-state index is 0.0485. The third kappa shape index (κ3) is 6.64. The van der Waals surface area contributed by atoms with Gasteiger partial charge in [-0.15, -0.1) is 0 Å². The zero-order valence-electron chi connectivity index (χ0n) is 15.1. The monoisotopic (exact) mass is 391 g/mol. The minimum atomic E-state index is -3.56. The van der Waals surface area contributed by atoms with E-state index in [-0.39, 0.29) is 5.75 Å². The molecule has 0 radical (unpaired) electrons. The molecule has 1 aromatic rings. The minimum Gasteiger partial charge on any atom is -0.251 e. The van der Waals surface area contributed by atoms with Crippen LogP contribution in [0.15, 0.2) is 47.4 Å². The summed E-state index contributed by atoms with van der Waals surface area (Å²) in [5.41, 5.74) is 0.756. The van der Waals surface area contributed by atoms with Crippen molar-refractivity contribution in [2.45, 2.75) is 50.9 Å². The van der Waals surface area contributed by atoms with E-state index in [1.165, 1.54) is 24.6 Å². The largest absolute Gasteiger partial charge is 0.268 e. The average Bonchev–Trinajstić information content (AvgIpc) is 3.07. The lowest BCUT2D eigenvalue weighted by atomic mass is 10.1. The van der Waals surface area contributed by atoms with Gasteiger partial charge in [0.05, 0.1) is 11.3 Å². The van der Waals surface area contributed by atoms with Crippen LogP contribution < -0.4 is 0 Å². The van der Waals surface area contributed by atoms with Crippen LogP contribution in [0, 0.1) is 11.3 Å². The molecule has 1 unspecified atom stereocenters. The molecule has 1 aliphatic heterocycles. The van der Waals surface area contributed by atoms with E-state index >= 15 is 0 Å². The maximum absolute atomic E-state index is 12.1. The van der Waals surface area contributed by atoms with Crippen molar-refractivity contribution in [1.82, 2.24) is 0 Å². The number of benzene rings is 1. The van der Waals surface area contributed by atoms with Gasteiger partial charge in [-0.1, -0.05) is 81.1 Å². The zero-order valence-corrected chi connectivity index (χ0v) is 16.7. The number of unbranched alkanes of at least 4 members (excludes halogenated alkanes) is 5. The van der Waals surface area contributed by atoms with Gasteiger partial charge in [0, 0.05) is 4.91 Å². The Morgan fingerprint density at radius 1 is 1.15 bits per heavy atom. The molecule has 6 heteroatoms. The highest BCUT2D eigenvalue weighted by Gasteiger charge is 2.24. The van der Waals surface area contributed by atoms with Gasteiger partial charge < -0.3 is 0 Å². The standard InChI is InChI=1S/C20H25NO3S2/c1-2-3-4-5-6-10-15-26(22,23)24-20-14-13-19(25-20)18(16-21)17-11-8-7-9-12-17/h7-9,11-14,20H,2-6,10,15H2,1H3. The van der Waals surface area contributed by atoms with Crippen LogP contribution >= 0.6 is 11.8 Å². The first-order valence-corrected chi connectivity index (χ1v) is 11.5. The van der Waals surface area contributed by atoms with Crippen LogP contribution in [-0.2, 0) is 14.3 Å². The zero-order chi connectivity index (χ0) is 18.8. The SMILES string of the molecule is CCCCCCCCS(=O)(=O)OC1C=CC(=C(C#N)c2ccccc2)S1. The number of thioether (sulfide) groups is 1. The van der Waals surface area contributed by atoms with E-state index in [4.69, 9.17) is 4.18 Å². The van der Waals surface area contributed by atoms with E-state index < -0.39 is 15.6 Å². The molecular formula is C20H25NO3S2. The van der Waals surface area contributed by atoms with Gasteiger partial charge >= 0.3 is 0 Å². The summed E-state index contributed by atoms with van der Waals surface area (Å²) >= 11 is 1.26. The summed E-state index contributed by atoms with van der Waals surface area (Å²) in [4.78, 5) is 0.735. The number of rotatable bonds is 10. The molecule has 0 aromatic heterocycles. The van der Waals surface area contributed by atoms with E-state index in [0.717, 1.165) is 29.7 Å². The van der Waals surface area contributed by atoms with Crippen molar-refractivity contribution < 1.29 is 12.6 Å². The van der Waals surface area contributed by atoms with E-state index in [1.54, 1.807) is 12.2 Å². The number of nitrogens with zero attached hydrogens (tertiary/aromatic N) is 1. The van der Waals surface area contributed by atoms with Gasteiger partial charge in [-0.05, 0) is 24.1 Å². The van der Waals surface area contributed by atoms with Crippen molar-refractivity contribution in [3.05, 3.63) is 53.0 Å². The number of nitriles is 1. The lowest BCUT2D eigenvalue weighted by Crippen LogP contribution is -2.15. The van der Waals surface area contributed by atoms with E-state index in [9.17, 15) is 13.7 Å². The van der Waals surface area contributed by atoms with Crippen molar-refractivity contribution >= 4 is 27.5 Å². The molecule has 1 heterocycles. The molecule has 2 rings (SSSR count). The number of hydrogen-bond acceptors (Lipinski definition) is 5. The quantitative estimate of drug-likeness (QED) is 0.309. The molecule has 1 atom stereocenters. The van der Waals surface area contributed by atoms with Crippen molar-refractivity contribution in [3.8, 4) is 6.07 Å². The van der Waals surface area contributed by atoms with Crippen LogP contribution in [0.5, 0.6) is 0 Å². The molecule has 1 aliphatic rings. The van der Waals surface area contributed by atoms with Gasteiger partial charge in [-0.25, -0.2) is 0 Å². The Hall–Kier alpha value is -1.55. The fraction of sp³-hybridized carbons (Fsp3) is 0.450. The normalized spacial score (nSPS) is 18.7. The molecule has 0 saturated heterocycles. The molecule has 0 aliphatic carbocycles. The Balaban J connectivity index is 1.88. The van der Waals surface area contributed by atoms with E-state index in [0.29, 0.717) is 12.0 Å². The Morgan fingerprint density at radius 2 is 1.85 bits per heavy atom. The third-order valence-corrected chi connectivity index (χ3v) is 6.55. The summed E-state index contributed by atoms with van der Waals surface area (Å²) in [7, 11) is -3.56. The van der Waals surface area contributed by atoms with Crippen molar-refractivity contribution in [2.75, 3.05) is 5.75 Å². The van der Waals surface area contributed by atoms with Gasteiger partial charge in [0.15, 0.2) is 0 Å². The van der Waals surface area contributed by atoms with Gasteiger partial charge in [0.25, 0.3) is 10.1 Å². The summed E-state index contributed by atoms with van der Waals surface area (Å²) < 4.78 is 29.6. The van der Waals surface area contributed by atoms with E-state index in [2.05, 4.69) is 13.0 Å². The second kappa shape index (κ2) is 10.6.